The second-order valence-electron chi connectivity index (χ2n) is 3.75. The van der Waals surface area contributed by atoms with E-state index in [1.807, 2.05) is 0 Å². The van der Waals surface area contributed by atoms with Crippen molar-refractivity contribution in [1.29, 1.82) is 0 Å². The predicted molar refractivity (Wildman–Crippen MR) is 59.0 cm³/mol. The second-order valence-corrected chi connectivity index (χ2v) is 5.58. The van der Waals surface area contributed by atoms with Gasteiger partial charge in [-0.1, -0.05) is 6.42 Å². The highest BCUT2D eigenvalue weighted by Gasteiger charge is 2.32. The molecule has 0 aliphatic carbocycles. The molecular formula is C9H18N2O4S. The highest BCUT2D eigenvalue weighted by atomic mass is 32.2. The van der Waals surface area contributed by atoms with Crippen molar-refractivity contribution in [1.82, 2.24) is 9.03 Å². The third-order valence-corrected chi connectivity index (χ3v) is 4.38. The molecule has 0 saturated carbocycles. The van der Waals surface area contributed by atoms with Crippen molar-refractivity contribution in [2.75, 3.05) is 20.7 Å². The van der Waals surface area contributed by atoms with Crippen molar-refractivity contribution in [3.63, 3.8) is 0 Å². The van der Waals surface area contributed by atoms with Crippen LogP contribution in [0.5, 0.6) is 0 Å². The fraction of sp³-hybridized carbons (Fsp3) is 0.889. The molecule has 0 amide bonds. The fourth-order valence-electron chi connectivity index (χ4n) is 1.89. The first-order valence-corrected chi connectivity index (χ1v) is 6.72. The van der Waals surface area contributed by atoms with Gasteiger partial charge in [0.05, 0.1) is 13.5 Å². The van der Waals surface area contributed by atoms with Gasteiger partial charge in [-0.05, 0) is 12.8 Å². The smallest absolute Gasteiger partial charge is 0.307 e. The van der Waals surface area contributed by atoms with Crippen LogP contribution < -0.4 is 4.72 Å². The lowest BCUT2D eigenvalue weighted by Gasteiger charge is -2.33. The summed E-state index contributed by atoms with van der Waals surface area (Å²) in [7, 11) is -0.767. The molecule has 0 aromatic rings. The highest BCUT2D eigenvalue weighted by molar-refractivity contribution is 7.87. The number of esters is 1. The number of hydrogen-bond acceptors (Lipinski definition) is 4. The summed E-state index contributed by atoms with van der Waals surface area (Å²) in [6.07, 6.45) is 2.60. The Morgan fingerprint density at radius 2 is 2.19 bits per heavy atom. The fourth-order valence-corrected chi connectivity index (χ4v) is 3.06. The van der Waals surface area contributed by atoms with E-state index in [2.05, 4.69) is 9.46 Å². The van der Waals surface area contributed by atoms with Gasteiger partial charge in [0, 0.05) is 19.6 Å². The van der Waals surface area contributed by atoms with E-state index in [-0.39, 0.29) is 18.4 Å². The van der Waals surface area contributed by atoms with Gasteiger partial charge in [-0.15, -0.1) is 0 Å². The lowest BCUT2D eigenvalue weighted by atomic mass is 10.0. The van der Waals surface area contributed by atoms with Gasteiger partial charge in [-0.2, -0.15) is 12.7 Å². The summed E-state index contributed by atoms with van der Waals surface area (Å²) < 4.78 is 31.6. The van der Waals surface area contributed by atoms with E-state index in [0.717, 1.165) is 12.8 Å². The van der Waals surface area contributed by atoms with Gasteiger partial charge in [0.2, 0.25) is 0 Å². The number of rotatable bonds is 4. The van der Waals surface area contributed by atoms with E-state index in [1.165, 1.54) is 18.5 Å². The first-order chi connectivity index (χ1) is 7.51. The van der Waals surface area contributed by atoms with Crippen LogP contribution in [0.2, 0.25) is 0 Å². The summed E-state index contributed by atoms with van der Waals surface area (Å²) in [5.41, 5.74) is 0. The number of ether oxygens (including phenoxy) is 1. The standard InChI is InChI=1S/C9H18N2O4S/c1-10-16(13,14)11-6-4-3-5-8(11)7-9(12)15-2/h8,10H,3-7H2,1-2H3. The van der Waals surface area contributed by atoms with E-state index >= 15 is 0 Å². The summed E-state index contributed by atoms with van der Waals surface area (Å²) in [5.74, 6) is -0.372. The first-order valence-electron chi connectivity index (χ1n) is 5.28. The van der Waals surface area contributed by atoms with Crippen LogP contribution in [0.3, 0.4) is 0 Å². The summed E-state index contributed by atoms with van der Waals surface area (Å²) >= 11 is 0. The molecule has 1 N–H and O–H groups in total. The molecule has 0 aromatic carbocycles. The Labute approximate surface area is 96.1 Å². The van der Waals surface area contributed by atoms with E-state index < -0.39 is 10.2 Å². The summed E-state index contributed by atoms with van der Waals surface area (Å²) in [6.45, 7) is 0.463. The van der Waals surface area contributed by atoms with Crippen molar-refractivity contribution < 1.29 is 17.9 Å². The molecule has 0 aromatic heterocycles. The second kappa shape index (κ2) is 5.60. The van der Waals surface area contributed by atoms with Gasteiger partial charge >= 0.3 is 5.97 Å². The Morgan fingerprint density at radius 1 is 1.50 bits per heavy atom. The highest BCUT2D eigenvalue weighted by Crippen LogP contribution is 2.22. The molecule has 0 bridgehead atoms. The van der Waals surface area contributed by atoms with Crippen LogP contribution in [-0.4, -0.2) is 45.4 Å². The molecule has 1 saturated heterocycles. The molecule has 1 heterocycles. The molecule has 0 radical (unpaired) electrons. The zero-order valence-corrected chi connectivity index (χ0v) is 10.4. The zero-order chi connectivity index (χ0) is 12.2. The molecule has 7 heteroatoms. The monoisotopic (exact) mass is 250 g/mol. The van der Waals surface area contributed by atoms with Crippen LogP contribution >= 0.6 is 0 Å². The number of nitrogens with zero attached hydrogens (tertiary/aromatic N) is 1. The van der Waals surface area contributed by atoms with E-state index in [9.17, 15) is 13.2 Å². The SMILES string of the molecule is CNS(=O)(=O)N1CCCCC1CC(=O)OC. The van der Waals surface area contributed by atoms with Crippen molar-refractivity contribution in [3.8, 4) is 0 Å². The largest absolute Gasteiger partial charge is 0.469 e. The average molecular weight is 250 g/mol. The van der Waals surface area contributed by atoms with Crippen LogP contribution in [0, 0.1) is 0 Å². The Bertz CT molecular complexity index is 341. The molecule has 1 aliphatic heterocycles. The average Bonchev–Trinajstić information content (AvgIpc) is 2.29. The molecule has 0 spiro atoms. The zero-order valence-electron chi connectivity index (χ0n) is 9.60. The number of carbonyl (C=O) groups is 1. The number of methoxy groups -OCH3 is 1. The Hall–Kier alpha value is -0.660. The topological polar surface area (TPSA) is 75.7 Å². The molecule has 94 valence electrons. The minimum absolute atomic E-state index is 0.122. The minimum atomic E-state index is -3.45. The molecule has 1 atom stereocenters. The first kappa shape index (κ1) is 13.4. The van der Waals surface area contributed by atoms with E-state index in [0.29, 0.717) is 13.0 Å². The van der Waals surface area contributed by atoms with Gasteiger partial charge in [0.25, 0.3) is 10.2 Å². The maximum atomic E-state index is 11.7. The predicted octanol–water partition coefficient (Wildman–Crippen LogP) is -0.132. The summed E-state index contributed by atoms with van der Waals surface area (Å²) in [4.78, 5) is 11.2. The molecule has 16 heavy (non-hydrogen) atoms. The Kier molecular flexibility index (Phi) is 4.69. The maximum absolute atomic E-state index is 11.7. The third-order valence-electron chi connectivity index (χ3n) is 2.77. The molecular weight excluding hydrogens is 232 g/mol. The van der Waals surface area contributed by atoms with Crippen LogP contribution in [0.4, 0.5) is 0 Å². The molecule has 1 aliphatic rings. The lowest BCUT2D eigenvalue weighted by Crippen LogP contribution is -2.48. The Balaban J connectivity index is 2.75. The van der Waals surface area contributed by atoms with E-state index in [4.69, 9.17) is 0 Å². The van der Waals surface area contributed by atoms with Crippen molar-refractivity contribution >= 4 is 16.2 Å². The third kappa shape index (κ3) is 3.16. The van der Waals surface area contributed by atoms with E-state index in [1.54, 1.807) is 0 Å². The molecule has 1 unspecified atom stereocenters. The number of nitrogens with one attached hydrogen (secondary N) is 1. The van der Waals surface area contributed by atoms with Crippen molar-refractivity contribution in [2.24, 2.45) is 0 Å². The number of carbonyl (C=O) groups excluding carboxylic acids is 1. The van der Waals surface area contributed by atoms with Crippen molar-refractivity contribution in [2.45, 2.75) is 31.7 Å². The van der Waals surface area contributed by atoms with Crippen LogP contribution in [-0.2, 0) is 19.7 Å². The quantitative estimate of drug-likeness (QED) is 0.705. The van der Waals surface area contributed by atoms with Crippen LogP contribution in [0.1, 0.15) is 25.7 Å². The molecule has 1 fully saturated rings. The van der Waals surface area contributed by atoms with Crippen LogP contribution in [0.25, 0.3) is 0 Å². The summed E-state index contributed by atoms with van der Waals surface area (Å²) in [5, 5.41) is 0. The summed E-state index contributed by atoms with van der Waals surface area (Å²) in [6, 6.07) is -0.279. The molecule has 1 rings (SSSR count). The minimum Gasteiger partial charge on any atom is -0.469 e. The van der Waals surface area contributed by atoms with Crippen LogP contribution in [0.15, 0.2) is 0 Å². The van der Waals surface area contributed by atoms with Crippen molar-refractivity contribution in [3.05, 3.63) is 0 Å². The number of hydrogen-bond donors (Lipinski definition) is 1. The Morgan fingerprint density at radius 3 is 2.75 bits per heavy atom. The lowest BCUT2D eigenvalue weighted by molar-refractivity contribution is -0.141. The maximum Gasteiger partial charge on any atom is 0.307 e. The van der Waals surface area contributed by atoms with Gasteiger partial charge in [-0.3, -0.25) is 4.79 Å². The van der Waals surface area contributed by atoms with Gasteiger partial charge in [-0.25, -0.2) is 4.72 Å². The van der Waals surface area contributed by atoms with Gasteiger partial charge in [0.15, 0.2) is 0 Å². The normalized spacial score (nSPS) is 23.0. The van der Waals surface area contributed by atoms with Gasteiger partial charge in [0.1, 0.15) is 0 Å². The van der Waals surface area contributed by atoms with Gasteiger partial charge < -0.3 is 4.74 Å². The molecule has 6 nitrogen and oxygen atoms in total. The number of piperidine rings is 1.